The SMILES string of the molecule is CC(C(N)C(N)=O)n1cc(C(F)(F)F)cn1. The van der Waals surface area contributed by atoms with E-state index in [9.17, 15) is 18.0 Å². The van der Waals surface area contributed by atoms with Gasteiger partial charge in [0, 0.05) is 6.20 Å². The van der Waals surface area contributed by atoms with Crippen molar-refractivity contribution in [1.29, 1.82) is 0 Å². The molecule has 8 heteroatoms. The van der Waals surface area contributed by atoms with Crippen LogP contribution in [0.3, 0.4) is 0 Å². The van der Waals surface area contributed by atoms with Gasteiger partial charge in [-0.15, -0.1) is 0 Å². The van der Waals surface area contributed by atoms with E-state index in [0.29, 0.717) is 6.20 Å². The number of aromatic nitrogens is 2. The number of alkyl halides is 3. The van der Waals surface area contributed by atoms with Crippen LogP contribution in [0.4, 0.5) is 13.2 Å². The number of hydrogen-bond donors (Lipinski definition) is 2. The first-order chi connectivity index (χ1) is 7.23. The minimum absolute atomic E-state index is 0.671. The molecule has 0 spiro atoms. The average molecular weight is 236 g/mol. The second kappa shape index (κ2) is 4.12. The van der Waals surface area contributed by atoms with Crippen molar-refractivity contribution in [1.82, 2.24) is 9.78 Å². The number of primary amides is 1. The van der Waals surface area contributed by atoms with E-state index in [1.54, 1.807) is 0 Å². The van der Waals surface area contributed by atoms with Gasteiger partial charge in [-0.1, -0.05) is 0 Å². The Hall–Kier alpha value is -1.57. The van der Waals surface area contributed by atoms with Crippen LogP contribution in [-0.4, -0.2) is 21.7 Å². The van der Waals surface area contributed by atoms with Gasteiger partial charge in [0.2, 0.25) is 5.91 Å². The van der Waals surface area contributed by atoms with Crippen LogP contribution < -0.4 is 11.5 Å². The first-order valence-electron chi connectivity index (χ1n) is 4.39. The van der Waals surface area contributed by atoms with E-state index in [-0.39, 0.29) is 0 Å². The molecular formula is C8H11F3N4O. The van der Waals surface area contributed by atoms with E-state index in [1.165, 1.54) is 6.92 Å². The Morgan fingerprint density at radius 3 is 2.50 bits per heavy atom. The van der Waals surface area contributed by atoms with Crippen LogP contribution in [0.15, 0.2) is 12.4 Å². The number of nitrogens with zero attached hydrogens (tertiary/aromatic N) is 2. The summed E-state index contributed by atoms with van der Waals surface area (Å²) in [5, 5.41) is 3.49. The number of nitrogens with two attached hydrogens (primary N) is 2. The lowest BCUT2D eigenvalue weighted by atomic mass is 10.1. The normalized spacial score (nSPS) is 15.8. The van der Waals surface area contributed by atoms with Crippen LogP contribution in [0.25, 0.3) is 0 Å². The molecule has 1 aromatic rings. The van der Waals surface area contributed by atoms with Gasteiger partial charge in [-0.25, -0.2) is 0 Å². The second-order valence-corrected chi connectivity index (χ2v) is 3.38. The largest absolute Gasteiger partial charge is 0.419 e. The second-order valence-electron chi connectivity index (χ2n) is 3.38. The zero-order valence-corrected chi connectivity index (χ0v) is 8.40. The molecule has 1 rings (SSSR count). The number of halogens is 3. The summed E-state index contributed by atoms with van der Waals surface area (Å²) in [6, 6.07) is -1.81. The zero-order chi connectivity index (χ0) is 12.5. The predicted molar refractivity (Wildman–Crippen MR) is 49.1 cm³/mol. The van der Waals surface area contributed by atoms with Gasteiger partial charge in [-0.3, -0.25) is 9.48 Å². The number of hydrogen-bond acceptors (Lipinski definition) is 3. The van der Waals surface area contributed by atoms with E-state index in [4.69, 9.17) is 11.5 Å². The zero-order valence-electron chi connectivity index (χ0n) is 8.40. The maximum Gasteiger partial charge on any atom is 0.419 e. The molecule has 0 saturated carbocycles. The first kappa shape index (κ1) is 12.5. The molecule has 1 heterocycles. The Balaban J connectivity index is 2.90. The number of carbonyl (C=O) groups is 1. The maximum atomic E-state index is 12.2. The molecule has 0 aliphatic carbocycles. The van der Waals surface area contributed by atoms with Crippen molar-refractivity contribution in [3.05, 3.63) is 18.0 Å². The average Bonchev–Trinajstić information content (AvgIpc) is 2.63. The molecule has 0 radical (unpaired) electrons. The Labute approximate surface area is 89.2 Å². The fraction of sp³-hybridized carbons (Fsp3) is 0.500. The van der Waals surface area contributed by atoms with Gasteiger partial charge in [-0.2, -0.15) is 18.3 Å². The highest BCUT2D eigenvalue weighted by Crippen LogP contribution is 2.29. The summed E-state index contributed by atoms with van der Waals surface area (Å²) in [6.45, 7) is 1.46. The van der Waals surface area contributed by atoms with E-state index in [2.05, 4.69) is 5.10 Å². The summed E-state index contributed by atoms with van der Waals surface area (Å²) >= 11 is 0. The summed E-state index contributed by atoms with van der Waals surface area (Å²) in [5.74, 6) is -0.795. The van der Waals surface area contributed by atoms with E-state index >= 15 is 0 Å². The fourth-order valence-electron chi connectivity index (χ4n) is 1.11. The van der Waals surface area contributed by atoms with Crippen molar-refractivity contribution >= 4 is 5.91 Å². The summed E-state index contributed by atoms with van der Waals surface area (Å²) in [7, 11) is 0. The third-order valence-corrected chi connectivity index (χ3v) is 2.19. The molecule has 0 aliphatic heterocycles. The summed E-state index contributed by atoms with van der Waals surface area (Å²) < 4.78 is 37.7. The van der Waals surface area contributed by atoms with Gasteiger partial charge in [0.15, 0.2) is 0 Å². The van der Waals surface area contributed by atoms with E-state index < -0.39 is 29.7 Å². The fourth-order valence-corrected chi connectivity index (χ4v) is 1.11. The first-order valence-corrected chi connectivity index (χ1v) is 4.39. The molecule has 0 aromatic carbocycles. The predicted octanol–water partition coefficient (Wildman–Crippen LogP) is 0.275. The van der Waals surface area contributed by atoms with Gasteiger partial charge < -0.3 is 11.5 Å². The van der Waals surface area contributed by atoms with Crippen molar-refractivity contribution in [2.45, 2.75) is 25.2 Å². The molecular weight excluding hydrogens is 225 g/mol. The van der Waals surface area contributed by atoms with Crippen LogP contribution in [0.2, 0.25) is 0 Å². The summed E-state index contributed by atoms with van der Waals surface area (Å²) in [5.41, 5.74) is 9.44. The summed E-state index contributed by atoms with van der Waals surface area (Å²) in [6.07, 6.45) is -3.01. The van der Waals surface area contributed by atoms with Crippen molar-refractivity contribution < 1.29 is 18.0 Å². The lowest BCUT2D eigenvalue weighted by Crippen LogP contribution is -2.42. The maximum absolute atomic E-state index is 12.2. The molecule has 0 saturated heterocycles. The Kier molecular flexibility index (Phi) is 3.22. The van der Waals surface area contributed by atoms with Crippen molar-refractivity contribution in [3.8, 4) is 0 Å². The third-order valence-electron chi connectivity index (χ3n) is 2.19. The van der Waals surface area contributed by atoms with Crippen LogP contribution in [0, 0.1) is 0 Å². The molecule has 0 bridgehead atoms. The Bertz CT molecular complexity index is 387. The van der Waals surface area contributed by atoms with Gasteiger partial charge in [0.25, 0.3) is 0 Å². The van der Waals surface area contributed by atoms with Gasteiger partial charge >= 0.3 is 6.18 Å². The lowest BCUT2D eigenvalue weighted by Gasteiger charge is -2.16. The molecule has 1 amide bonds. The highest BCUT2D eigenvalue weighted by Gasteiger charge is 2.33. The van der Waals surface area contributed by atoms with Gasteiger partial charge in [0.05, 0.1) is 17.8 Å². The topological polar surface area (TPSA) is 86.9 Å². The summed E-state index contributed by atoms with van der Waals surface area (Å²) in [4.78, 5) is 10.8. The number of carbonyl (C=O) groups excluding carboxylic acids is 1. The molecule has 16 heavy (non-hydrogen) atoms. The monoisotopic (exact) mass is 236 g/mol. The minimum atomic E-state index is -4.46. The van der Waals surface area contributed by atoms with E-state index in [0.717, 1.165) is 10.9 Å². The van der Waals surface area contributed by atoms with Gasteiger partial charge in [-0.05, 0) is 6.92 Å². The molecule has 1 aromatic heterocycles. The van der Waals surface area contributed by atoms with Crippen LogP contribution in [-0.2, 0) is 11.0 Å². The van der Waals surface area contributed by atoms with Crippen molar-refractivity contribution in [2.75, 3.05) is 0 Å². The standard InChI is InChI=1S/C8H11F3N4O/c1-4(6(12)7(13)16)15-3-5(2-14-15)8(9,10)11/h2-4,6H,12H2,1H3,(H2,13,16). The Morgan fingerprint density at radius 1 is 1.56 bits per heavy atom. The minimum Gasteiger partial charge on any atom is -0.368 e. The molecule has 4 N–H and O–H groups in total. The van der Waals surface area contributed by atoms with Crippen LogP contribution >= 0.6 is 0 Å². The van der Waals surface area contributed by atoms with Crippen molar-refractivity contribution in [3.63, 3.8) is 0 Å². The highest BCUT2D eigenvalue weighted by atomic mass is 19.4. The van der Waals surface area contributed by atoms with Crippen molar-refractivity contribution in [2.24, 2.45) is 11.5 Å². The van der Waals surface area contributed by atoms with Crippen LogP contribution in [0.1, 0.15) is 18.5 Å². The molecule has 0 aliphatic rings. The van der Waals surface area contributed by atoms with E-state index in [1.807, 2.05) is 0 Å². The molecule has 5 nitrogen and oxygen atoms in total. The number of rotatable bonds is 3. The smallest absolute Gasteiger partial charge is 0.368 e. The highest BCUT2D eigenvalue weighted by molar-refractivity contribution is 5.80. The molecule has 90 valence electrons. The van der Waals surface area contributed by atoms with Crippen LogP contribution in [0.5, 0.6) is 0 Å². The quantitative estimate of drug-likeness (QED) is 0.789. The lowest BCUT2D eigenvalue weighted by molar-refractivity contribution is -0.137. The Morgan fingerprint density at radius 2 is 2.12 bits per heavy atom. The molecule has 2 atom stereocenters. The van der Waals surface area contributed by atoms with Gasteiger partial charge in [0.1, 0.15) is 6.04 Å². The molecule has 0 fully saturated rings. The number of amides is 1. The molecule has 2 unspecified atom stereocenters. The third kappa shape index (κ3) is 2.51.